The maximum Gasteiger partial charge on any atom is 0.225 e. The normalized spacial score (nSPS) is 15.3. The van der Waals surface area contributed by atoms with Gasteiger partial charge in [-0.25, -0.2) is 4.98 Å². The largest absolute Gasteiger partial charge is 0.463 e. The molecule has 0 spiro atoms. The second kappa shape index (κ2) is 7.45. The zero-order valence-corrected chi connectivity index (χ0v) is 15.6. The molecule has 0 saturated heterocycles. The number of amides is 1. The number of furan rings is 1. The van der Waals surface area contributed by atoms with Gasteiger partial charge in [-0.15, -0.1) is 11.3 Å². The SMILES string of the molecule is Cc1cc(NC(=O)CC2CCCCC2)n(-c2nc(-c3ccco3)cs2)n1. The minimum atomic E-state index is 0.0564. The van der Waals surface area contributed by atoms with Crippen LogP contribution in [0.25, 0.3) is 16.6 Å². The zero-order chi connectivity index (χ0) is 17.9. The molecule has 0 radical (unpaired) electrons. The van der Waals surface area contributed by atoms with Gasteiger partial charge in [-0.3, -0.25) is 4.79 Å². The number of nitrogens with zero attached hydrogens (tertiary/aromatic N) is 3. The van der Waals surface area contributed by atoms with Crippen LogP contribution < -0.4 is 5.32 Å². The number of hydrogen-bond acceptors (Lipinski definition) is 5. The molecule has 3 heterocycles. The number of hydrogen-bond donors (Lipinski definition) is 1. The highest BCUT2D eigenvalue weighted by Crippen LogP contribution is 2.28. The summed E-state index contributed by atoms with van der Waals surface area (Å²) >= 11 is 1.47. The Morgan fingerprint density at radius 3 is 3.00 bits per heavy atom. The molecule has 1 amide bonds. The first-order chi connectivity index (χ1) is 12.7. The van der Waals surface area contributed by atoms with E-state index in [2.05, 4.69) is 15.4 Å². The quantitative estimate of drug-likeness (QED) is 0.700. The lowest BCUT2D eigenvalue weighted by molar-refractivity contribution is -0.117. The highest BCUT2D eigenvalue weighted by Gasteiger charge is 2.19. The molecule has 0 aliphatic heterocycles. The van der Waals surface area contributed by atoms with E-state index in [1.807, 2.05) is 30.5 Å². The predicted molar refractivity (Wildman–Crippen MR) is 101 cm³/mol. The van der Waals surface area contributed by atoms with Gasteiger partial charge in [0, 0.05) is 17.9 Å². The first-order valence-corrected chi connectivity index (χ1v) is 9.93. The molecule has 0 atom stereocenters. The molecule has 26 heavy (non-hydrogen) atoms. The van der Waals surface area contributed by atoms with Crippen molar-refractivity contribution in [2.45, 2.75) is 45.4 Å². The van der Waals surface area contributed by atoms with Crippen LogP contribution in [0.5, 0.6) is 0 Å². The van der Waals surface area contributed by atoms with E-state index in [4.69, 9.17) is 4.42 Å². The van der Waals surface area contributed by atoms with Gasteiger partial charge in [0.2, 0.25) is 11.0 Å². The van der Waals surface area contributed by atoms with Crippen LogP contribution in [0.4, 0.5) is 5.82 Å². The molecular formula is C19H22N4O2S. The van der Waals surface area contributed by atoms with Gasteiger partial charge in [0.1, 0.15) is 11.5 Å². The molecule has 1 fully saturated rings. The van der Waals surface area contributed by atoms with Crippen molar-refractivity contribution in [1.82, 2.24) is 14.8 Å². The van der Waals surface area contributed by atoms with Crippen LogP contribution in [0.3, 0.4) is 0 Å². The van der Waals surface area contributed by atoms with Gasteiger partial charge in [-0.1, -0.05) is 19.3 Å². The Morgan fingerprint density at radius 1 is 1.38 bits per heavy atom. The fourth-order valence-corrected chi connectivity index (χ4v) is 4.26. The van der Waals surface area contributed by atoms with E-state index in [-0.39, 0.29) is 5.91 Å². The van der Waals surface area contributed by atoms with Crippen molar-refractivity contribution in [3.8, 4) is 16.6 Å². The number of nitrogens with one attached hydrogen (secondary N) is 1. The van der Waals surface area contributed by atoms with Gasteiger partial charge in [-0.05, 0) is 37.8 Å². The number of anilines is 1. The third-order valence-corrected chi connectivity index (χ3v) is 5.56. The van der Waals surface area contributed by atoms with Crippen LogP contribution >= 0.6 is 11.3 Å². The summed E-state index contributed by atoms with van der Waals surface area (Å²) in [5.74, 6) is 1.95. The van der Waals surface area contributed by atoms with Crippen LogP contribution in [-0.4, -0.2) is 20.7 Å². The van der Waals surface area contributed by atoms with Gasteiger partial charge in [0.15, 0.2) is 5.76 Å². The minimum absolute atomic E-state index is 0.0564. The van der Waals surface area contributed by atoms with Gasteiger partial charge in [-0.2, -0.15) is 9.78 Å². The first-order valence-electron chi connectivity index (χ1n) is 9.05. The Labute approximate surface area is 156 Å². The molecule has 1 aliphatic rings. The topological polar surface area (TPSA) is 73.0 Å². The smallest absolute Gasteiger partial charge is 0.225 e. The standard InChI is InChI=1S/C19H22N4O2S/c1-13-10-17(21-18(24)11-14-6-3-2-4-7-14)23(22-13)19-20-15(12-26-19)16-8-5-9-25-16/h5,8-10,12,14H,2-4,6-7,11H2,1H3,(H,21,24). The Hall–Kier alpha value is -2.41. The fraction of sp³-hybridized carbons (Fsp3) is 0.421. The highest BCUT2D eigenvalue weighted by molar-refractivity contribution is 7.12. The molecule has 1 N–H and O–H groups in total. The highest BCUT2D eigenvalue weighted by atomic mass is 32.1. The summed E-state index contributed by atoms with van der Waals surface area (Å²) in [6.07, 6.45) is 8.30. The van der Waals surface area contributed by atoms with E-state index in [0.29, 0.717) is 23.3 Å². The molecular weight excluding hydrogens is 348 g/mol. The van der Waals surface area contributed by atoms with E-state index in [1.165, 1.54) is 30.6 Å². The summed E-state index contributed by atoms with van der Waals surface area (Å²) in [5, 5.41) is 10.2. The van der Waals surface area contributed by atoms with E-state index >= 15 is 0 Å². The molecule has 0 unspecified atom stereocenters. The summed E-state index contributed by atoms with van der Waals surface area (Å²) in [4.78, 5) is 17.1. The first kappa shape index (κ1) is 17.0. The van der Waals surface area contributed by atoms with Crippen molar-refractivity contribution in [3.05, 3.63) is 35.5 Å². The van der Waals surface area contributed by atoms with Crippen molar-refractivity contribution < 1.29 is 9.21 Å². The van der Waals surface area contributed by atoms with Crippen LogP contribution in [0, 0.1) is 12.8 Å². The lowest BCUT2D eigenvalue weighted by Gasteiger charge is -2.20. The van der Waals surface area contributed by atoms with Crippen molar-refractivity contribution in [3.63, 3.8) is 0 Å². The molecule has 0 bridgehead atoms. The average molecular weight is 370 g/mol. The van der Waals surface area contributed by atoms with Gasteiger partial charge in [0.25, 0.3) is 0 Å². The predicted octanol–water partition coefficient (Wildman–Crippen LogP) is 4.81. The number of carbonyl (C=O) groups excluding carboxylic acids is 1. The van der Waals surface area contributed by atoms with Crippen molar-refractivity contribution >= 4 is 23.1 Å². The Bertz CT molecular complexity index is 875. The number of carbonyl (C=O) groups is 1. The molecule has 0 aromatic carbocycles. The lowest BCUT2D eigenvalue weighted by Crippen LogP contribution is -2.19. The van der Waals surface area contributed by atoms with Gasteiger partial charge in [0.05, 0.1) is 12.0 Å². The third kappa shape index (κ3) is 3.72. The number of thiazole rings is 1. The van der Waals surface area contributed by atoms with Crippen LogP contribution in [0.1, 0.15) is 44.2 Å². The van der Waals surface area contributed by atoms with Crippen molar-refractivity contribution in [1.29, 1.82) is 0 Å². The number of aryl methyl sites for hydroxylation is 1. The van der Waals surface area contributed by atoms with E-state index < -0.39 is 0 Å². The maximum absolute atomic E-state index is 12.5. The molecule has 4 rings (SSSR count). The van der Waals surface area contributed by atoms with Gasteiger partial charge >= 0.3 is 0 Å². The van der Waals surface area contributed by atoms with Crippen LogP contribution in [0.15, 0.2) is 34.3 Å². The maximum atomic E-state index is 12.5. The van der Waals surface area contributed by atoms with Crippen molar-refractivity contribution in [2.75, 3.05) is 5.32 Å². The second-order valence-electron chi connectivity index (χ2n) is 6.83. The van der Waals surface area contributed by atoms with E-state index in [9.17, 15) is 4.79 Å². The summed E-state index contributed by atoms with van der Waals surface area (Å²) < 4.78 is 7.10. The lowest BCUT2D eigenvalue weighted by atomic mass is 9.87. The summed E-state index contributed by atoms with van der Waals surface area (Å²) in [6, 6.07) is 5.59. The zero-order valence-electron chi connectivity index (χ0n) is 14.8. The Kier molecular flexibility index (Phi) is 4.88. The van der Waals surface area contributed by atoms with Crippen LogP contribution in [0.2, 0.25) is 0 Å². The second-order valence-corrected chi connectivity index (χ2v) is 7.67. The number of rotatable bonds is 5. The molecule has 6 nitrogen and oxygen atoms in total. The molecule has 3 aromatic heterocycles. The Balaban J connectivity index is 1.50. The summed E-state index contributed by atoms with van der Waals surface area (Å²) in [7, 11) is 0. The molecule has 1 aliphatic carbocycles. The average Bonchev–Trinajstić information content (AvgIpc) is 3.35. The monoisotopic (exact) mass is 370 g/mol. The molecule has 3 aromatic rings. The van der Waals surface area contributed by atoms with Gasteiger partial charge < -0.3 is 9.73 Å². The minimum Gasteiger partial charge on any atom is -0.463 e. The third-order valence-electron chi connectivity index (χ3n) is 4.74. The van der Waals surface area contributed by atoms with E-state index in [1.54, 1.807) is 10.9 Å². The molecule has 136 valence electrons. The molecule has 1 saturated carbocycles. The summed E-state index contributed by atoms with van der Waals surface area (Å²) in [5.41, 5.74) is 1.61. The Morgan fingerprint density at radius 2 is 2.23 bits per heavy atom. The fourth-order valence-electron chi connectivity index (χ4n) is 3.48. The summed E-state index contributed by atoms with van der Waals surface area (Å²) in [6.45, 7) is 1.91. The molecule has 7 heteroatoms. The van der Waals surface area contributed by atoms with Crippen molar-refractivity contribution in [2.24, 2.45) is 5.92 Å². The van der Waals surface area contributed by atoms with Crippen LogP contribution in [-0.2, 0) is 4.79 Å². The van der Waals surface area contributed by atoms with E-state index in [0.717, 1.165) is 30.0 Å². The number of aromatic nitrogens is 3.